The molecule has 1 amide bonds. The molecule has 0 fully saturated rings. The van der Waals surface area contributed by atoms with Crippen molar-refractivity contribution >= 4 is 46.6 Å². The Kier molecular flexibility index (Phi) is 9.02. The largest absolute Gasteiger partial charge is 0.359 e. The number of carbonyl (C=O) groups excluding carboxylic acids is 1. The Hall–Kier alpha value is -1.83. The maximum Gasteiger partial charge on any atom is 0.227 e. The fraction of sp³-hybridized carbons (Fsp3) is 0.429. The van der Waals surface area contributed by atoms with Gasteiger partial charge in [-0.15, -0.1) is 24.0 Å². The molecule has 5 nitrogen and oxygen atoms in total. The Morgan fingerprint density at radius 1 is 1.15 bits per heavy atom. The lowest BCUT2D eigenvalue weighted by molar-refractivity contribution is -0.128. The SMILES string of the molecule is CCNC(=NCC(C)(C)C(=O)NC)NC(C)c1cccc2ccccc12.I. The minimum Gasteiger partial charge on any atom is -0.359 e. The third kappa shape index (κ3) is 6.09. The van der Waals surface area contributed by atoms with E-state index in [0.29, 0.717) is 12.5 Å². The molecule has 3 N–H and O–H groups in total. The lowest BCUT2D eigenvalue weighted by Crippen LogP contribution is -2.41. The van der Waals surface area contributed by atoms with Crippen LogP contribution in [0, 0.1) is 5.41 Å². The molecule has 0 aliphatic heterocycles. The molecule has 6 heteroatoms. The van der Waals surface area contributed by atoms with Crippen LogP contribution in [0.25, 0.3) is 10.8 Å². The quantitative estimate of drug-likeness (QED) is 0.333. The van der Waals surface area contributed by atoms with Crippen molar-refractivity contribution in [3.63, 3.8) is 0 Å². The highest BCUT2D eigenvalue weighted by atomic mass is 127. The first-order valence-corrected chi connectivity index (χ1v) is 9.13. The third-order valence-corrected chi connectivity index (χ3v) is 4.46. The van der Waals surface area contributed by atoms with Crippen molar-refractivity contribution in [3.8, 4) is 0 Å². The molecule has 0 aromatic heterocycles. The summed E-state index contributed by atoms with van der Waals surface area (Å²) in [6.45, 7) is 9.11. The van der Waals surface area contributed by atoms with Gasteiger partial charge < -0.3 is 16.0 Å². The van der Waals surface area contributed by atoms with Crippen molar-refractivity contribution in [3.05, 3.63) is 48.0 Å². The van der Waals surface area contributed by atoms with E-state index in [4.69, 9.17) is 0 Å². The van der Waals surface area contributed by atoms with E-state index >= 15 is 0 Å². The Bertz CT molecular complexity index is 783. The lowest BCUT2D eigenvalue weighted by atomic mass is 9.93. The zero-order chi connectivity index (χ0) is 19.2. The van der Waals surface area contributed by atoms with Crippen molar-refractivity contribution in [2.45, 2.75) is 33.7 Å². The number of hydrogen-bond acceptors (Lipinski definition) is 2. The first-order chi connectivity index (χ1) is 12.4. The molecule has 2 aromatic carbocycles. The van der Waals surface area contributed by atoms with Crippen molar-refractivity contribution in [2.24, 2.45) is 10.4 Å². The molecule has 1 atom stereocenters. The van der Waals surface area contributed by atoms with Gasteiger partial charge in [-0.2, -0.15) is 0 Å². The maximum atomic E-state index is 12.0. The minimum absolute atomic E-state index is 0. The molecule has 0 aliphatic rings. The molecule has 0 saturated carbocycles. The molecule has 0 saturated heterocycles. The molecular weight excluding hydrogens is 451 g/mol. The molecular formula is C21H31IN4O. The van der Waals surface area contributed by atoms with Crippen LogP contribution in [-0.2, 0) is 4.79 Å². The van der Waals surface area contributed by atoms with Crippen molar-refractivity contribution in [1.29, 1.82) is 0 Å². The molecule has 0 aliphatic carbocycles. The molecule has 1 unspecified atom stereocenters. The summed E-state index contributed by atoms with van der Waals surface area (Å²) >= 11 is 0. The smallest absolute Gasteiger partial charge is 0.227 e. The monoisotopic (exact) mass is 482 g/mol. The Labute approximate surface area is 179 Å². The molecule has 2 rings (SSSR count). The van der Waals surface area contributed by atoms with Crippen molar-refractivity contribution in [1.82, 2.24) is 16.0 Å². The van der Waals surface area contributed by atoms with Crippen molar-refractivity contribution in [2.75, 3.05) is 20.1 Å². The van der Waals surface area contributed by atoms with Gasteiger partial charge in [0.2, 0.25) is 5.91 Å². The van der Waals surface area contributed by atoms with E-state index in [1.807, 2.05) is 20.8 Å². The predicted octanol–water partition coefficient (Wildman–Crippen LogP) is 3.85. The molecule has 148 valence electrons. The third-order valence-electron chi connectivity index (χ3n) is 4.46. The zero-order valence-electron chi connectivity index (χ0n) is 16.8. The summed E-state index contributed by atoms with van der Waals surface area (Å²) in [6, 6.07) is 14.8. The number of nitrogens with zero attached hydrogens (tertiary/aromatic N) is 1. The highest BCUT2D eigenvalue weighted by Gasteiger charge is 2.26. The van der Waals surface area contributed by atoms with Crippen LogP contribution in [-0.4, -0.2) is 32.0 Å². The highest BCUT2D eigenvalue weighted by Crippen LogP contribution is 2.24. The molecule has 0 heterocycles. The van der Waals surface area contributed by atoms with Crippen LogP contribution in [0.3, 0.4) is 0 Å². The summed E-state index contributed by atoms with van der Waals surface area (Å²) in [6.07, 6.45) is 0. The van der Waals surface area contributed by atoms with E-state index < -0.39 is 5.41 Å². The summed E-state index contributed by atoms with van der Waals surface area (Å²) in [5.41, 5.74) is 0.666. The highest BCUT2D eigenvalue weighted by molar-refractivity contribution is 14.0. The Morgan fingerprint density at radius 3 is 2.48 bits per heavy atom. The van der Waals surface area contributed by atoms with Gasteiger partial charge in [-0.1, -0.05) is 42.5 Å². The van der Waals surface area contributed by atoms with Crippen LogP contribution in [0.5, 0.6) is 0 Å². The summed E-state index contributed by atoms with van der Waals surface area (Å²) in [5.74, 6) is 0.698. The molecule has 0 radical (unpaired) electrons. The second-order valence-electron chi connectivity index (χ2n) is 7.09. The number of fused-ring (bicyclic) bond motifs is 1. The van der Waals surface area contributed by atoms with Gasteiger partial charge in [-0.05, 0) is 44.0 Å². The Balaban J connectivity index is 0.00000364. The van der Waals surface area contributed by atoms with E-state index in [0.717, 1.165) is 6.54 Å². The summed E-state index contributed by atoms with van der Waals surface area (Å²) in [4.78, 5) is 16.6. The van der Waals surface area contributed by atoms with Crippen LogP contribution in [0.2, 0.25) is 0 Å². The Morgan fingerprint density at radius 2 is 1.81 bits per heavy atom. The van der Waals surface area contributed by atoms with Crippen LogP contribution >= 0.6 is 24.0 Å². The second-order valence-corrected chi connectivity index (χ2v) is 7.09. The topological polar surface area (TPSA) is 65.5 Å². The molecule has 0 spiro atoms. The maximum absolute atomic E-state index is 12.0. The minimum atomic E-state index is -0.556. The summed E-state index contributed by atoms with van der Waals surface area (Å²) < 4.78 is 0. The van der Waals surface area contributed by atoms with E-state index in [1.165, 1.54) is 16.3 Å². The van der Waals surface area contributed by atoms with Gasteiger partial charge in [0.05, 0.1) is 18.0 Å². The number of rotatable bonds is 6. The molecule has 0 bridgehead atoms. The standard InChI is InChI=1S/C21H30N4O.HI/c1-6-23-20(24-14-21(3,4)19(26)22-5)25-15(2)17-13-9-11-16-10-7-8-12-18(16)17;/h7-13,15H,6,14H2,1-5H3,(H,22,26)(H2,23,24,25);1H. The first kappa shape index (κ1) is 23.2. The van der Waals surface area contributed by atoms with E-state index in [1.54, 1.807) is 7.05 Å². The summed E-state index contributed by atoms with van der Waals surface area (Å²) in [7, 11) is 1.65. The number of halogens is 1. The van der Waals surface area contributed by atoms with Crippen LogP contribution in [0.4, 0.5) is 0 Å². The number of amides is 1. The predicted molar refractivity (Wildman–Crippen MR) is 125 cm³/mol. The second kappa shape index (κ2) is 10.5. The summed E-state index contributed by atoms with van der Waals surface area (Å²) in [5, 5.41) is 11.9. The number of guanidine groups is 1. The average Bonchev–Trinajstić information content (AvgIpc) is 2.65. The van der Waals surface area contributed by atoms with Crippen LogP contribution in [0.15, 0.2) is 47.5 Å². The van der Waals surface area contributed by atoms with E-state index in [9.17, 15) is 4.79 Å². The number of benzene rings is 2. The van der Waals surface area contributed by atoms with E-state index in [-0.39, 0.29) is 35.9 Å². The lowest BCUT2D eigenvalue weighted by Gasteiger charge is -2.23. The van der Waals surface area contributed by atoms with Gasteiger partial charge in [0.1, 0.15) is 0 Å². The number of hydrogen-bond donors (Lipinski definition) is 3. The number of carbonyl (C=O) groups is 1. The number of nitrogens with one attached hydrogen (secondary N) is 3. The molecule has 2 aromatic rings. The van der Waals surface area contributed by atoms with Gasteiger partial charge in [0.15, 0.2) is 5.96 Å². The zero-order valence-corrected chi connectivity index (χ0v) is 19.1. The average molecular weight is 482 g/mol. The fourth-order valence-electron chi connectivity index (χ4n) is 2.92. The number of aliphatic imine (C=N–C) groups is 1. The van der Waals surface area contributed by atoms with Crippen LogP contribution < -0.4 is 16.0 Å². The van der Waals surface area contributed by atoms with Gasteiger partial charge in [-0.3, -0.25) is 9.79 Å². The van der Waals surface area contributed by atoms with Gasteiger partial charge >= 0.3 is 0 Å². The van der Waals surface area contributed by atoms with E-state index in [2.05, 4.69) is 70.3 Å². The fourth-order valence-corrected chi connectivity index (χ4v) is 2.92. The van der Waals surface area contributed by atoms with Gasteiger partial charge in [0.25, 0.3) is 0 Å². The first-order valence-electron chi connectivity index (χ1n) is 9.13. The normalized spacial score (nSPS) is 12.9. The van der Waals surface area contributed by atoms with Crippen molar-refractivity contribution < 1.29 is 4.79 Å². The molecule has 27 heavy (non-hydrogen) atoms. The van der Waals surface area contributed by atoms with Gasteiger partial charge in [-0.25, -0.2) is 0 Å². The van der Waals surface area contributed by atoms with Gasteiger partial charge in [0, 0.05) is 13.6 Å². The van der Waals surface area contributed by atoms with Crippen LogP contribution in [0.1, 0.15) is 39.3 Å².